The Morgan fingerprint density at radius 1 is 1.38 bits per heavy atom. The lowest BCUT2D eigenvalue weighted by Gasteiger charge is -2.07. The minimum absolute atomic E-state index is 0.731. The summed E-state index contributed by atoms with van der Waals surface area (Å²) in [6.45, 7) is 10.4. The lowest BCUT2D eigenvalue weighted by atomic mass is 9.98. The molecule has 1 aromatic rings. The van der Waals surface area contributed by atoms with Crippen LogP contribution in [0.25, 0.3) is 6.08 Å². The van der Waals surface area contributed by atoms with E-state index in [4.69, 9.17) is 0 Å². The van der Waals surface area contributed by atoms with Gasteiger partial charge in [-0.25, -0.2) is 0 Å². The van der Waals surface area contributed by atoms with E-state index in [0.29, 0.717) is 0 Å². The summed E-state index contributed by atoms with van der Waals surface area (Å²) in [5.41, 5.74) is 4.00. The van der Waals surface area contributed by atoms with Crippen molar-refractivity contribution in [1.82, 2.24) is 0 Å². The summed E-state index contributed by atoms with van der Waals surface area (Å²) in [4.78, 5) is 0. The van der Waals surface area contributed by atoms with E-state index in [1.165, 1.54) is 16.7 Å². The Morgan fingerprint density at radius 3 is 2.54 bits per heavy atom. The van der Waals surface area contributed by atoms with Gasteiger partial charge >= 0.3 is 0 Å². The van der Waals surface area contributed by atoms with Crippen molar-refractivity contribution in [2.45, 2.75) is 27.2 Å². The van der Waals surface area contributed by atoms with Crippen molar-refractivity contribution in [3.63, 3.8) is 0 Å². The predicted octanol–water partition coefficient (Wildman–Crippen LogP) is 3.84. The lowest BCUT2D eigenvalue weighted by Crippen LogP contribution is -1.94. The fourth-order valence-corrected chi connectivity index (χ4v) is 1.57. The Morgan fingerprint density at radius 2 is 2.08 bits per heavy atom. The zero-order chi connectivity index (χ0) is 9.84. The fraction of sp³-hybridized carbons (Fsp3) is 0.385. The van der Waals surface area contributed by atoms with Gasteiger partial charge in [-0.3, -0.25) is 0 Å². The van der Waals surface area contributed by atoms with Gasteiger partial charge in [-0.2, -0.15) is 0 Å². The van der Waals surface area contributed by atoms with Crippen LogP contribution in [0.3, 0.4) is 0 Å². The Bertz CT molecular complexity index is 295. The molecule has 0 N–H and O–H groups in total. The summed E-state index contributed by atoms with van der Waals surface area (Å²) >= 11 is 0. The number of rotatable bonds is 3. The van der Waals surface area contributed by atoms with Crippen molar-refractivity contribution >= 4 is 6.08 Å². The molecule has 0 heterocycles. The Labute approximate surface area is 81.3 Å². The number of aryl methyl sites for hydroxylation is 1. The van der Waals surface area contributed by atoms with E-state index in [-0.39, 0.29) is 0 Å². The van der Waals surface area contributed by atoms with Gasteiger partial charge in [-0.05, 0) is 36.0 Å². The predicted molar refractivity (Wildman–Crippen MR) is 59.8 cm³/mol. The molecule has 0 saturated carbocycles. The van der Waals surface area contributed by atoms with E-state index >= 15 is 0 Å². The Balaban J connectivity index is 2.89. The van der Waals surface area contributed by atoms with Gasteiger partial charge in [-0.1, -0.05) is 44.7 Å². The molecule has 0 spiro atoms. The summed E-state index contributed by atoms with van der Waals surface area (Å²) in [5, 5.41) is 0. The van der Waals surface area contributed by atoms with Crippen molar-refractivity contribution in [2.24, 2.45) is 5.92 Å². The normalized spacial score (nSPS) is 10.5. The molecule has 0 aliphatic heterocycles. The molecule has 13 heavy (non-hydrogen) atoms. The number of hydrogen-bond acceptors (Lipinski definition) is 0. The molecule has 0 aromatic heterocycles. The largest absolute Gasteiger partial charge is 0.0985 e. The van der Waals surface area contributed by atoms with Gasteiger partial charge < -0.3 is 0 Å². The topological polar surface area (TPSA) is 0 Å². The van der Waals surface area contributed by atoms with Crippen LogP contribution in [-0.4, -0.2) is 0 Å². The molecule has 0 saturated heterocycles. The average Bonchev–Trinajstić information content (AvgIpc) is 2.03. The SMILES string of the molecule is C=Cc1ccc(CC(C)C)cc1C. The number of hydrogen-bond donors (Lipinski definition) is 0. The second-order valence-electron chi connectivity index (χ2n) is 3.99. The molecule has 70 valence electrons. The molecule has 0 atom stereocenters. The summed E-state index contributed by atoms with van der Waals surface area (Å²) in [5.74, 6) is 0.731. The van der Waals surface area contributed by atoms with Crippen molar-refractivity contribution in [3.05, 3.63) is 41.5 Å². The van der Waals surface area contributed by atoms with Crippen LogP contribution in [0.4, 0.5) is 0 Å². The zero-order valence-corrected chi connectivity index (χ0v) is 8.80. The summed E-state index contributed by atoms with van der Waals surface area (Å²) < 4.78 is 0. The van der Waals surface area contributed by atoms with Crippen LogP contribution in [0, 0.1) is 12.8 Å². The van der Waals surface area contributed by atoms with E-state index in [2.05, 4.69) is 45.5 Å². The van der Waals surface area contributed by atoms with Gasteiger partial charge in [0.05, 0.1) is 0 Å². The number of benzene rings is 1. The quantitative estimate of drug-likeness (QED) is 0.653. The monoisotopic (exact) mass is 174 g/mol. The lowest BCUT2D eigenvalue weighted by molar-refractivity contribution is 0.647. The molecular formula is C13H18. The molecule has 0 heteroatoms. The maximum absolute atomic E-state index is 3.78. The molecule has 0 nitrogen and oxygen atoms in total. The minimum atomic E-state index is 0.731. The molecule has 0 aliphatic rings. The Hall–Kier alpha value is -1.04. The first kappa shape index (κ1) is 10.0. The second-order valence-corrected chi connectivity index (χ2v) is 3.99. The molecule has 0 fully saturated rings. The minimum Gasteiger partial charge on any atom is -0.0985 e. The van der Waals surface area contributed by atoms with Crippen molar-refractivity contribution < 1.29 is 0 Å². The maximum Gasteiger partial charge on any atom is -0.0233 e. The van der Waals surface area contributed by atoms with E-state index in [9.17, 15) is 0 Å². The van der Waals surface area contributed by atoms with Crippen LogP contribution in [0.5, 0.6) is 0 Å². The zero-order valence-electron chi connectivity index (χ0n) is 8.80. The van der Waals surface area contributed by atoms with E-state index in [1.54, 1.807) is 0 Å². The van der Waals surface area contributed by atoms with Gasteiger partial charge in [0, 0.05) is 0 Å². The first-order valence-corrected chi connectivity index (χ1v) is 4.85. The second kappa shape index (κ2) is 4.27. The molecule has 0 radical (unpaired) electrons. The van der Waals surface area contributed by atoms with Gasteiger partial charge in [0.15, 0.2) is 0 Å². The van der Waals surface area contributed by atoms with Crippen LogP contribution in [0.1, 0.15) is 30.5 Å². The summed E-state index contributed by atoms with van der Waals surface area (Å²) in [7, 11) is 0. The Kier molecular flexibility index (Phi) is 3.30. The smallest absolute Gasteiger partial charge is 0.0233 e. The van der Waals surface area contributed by atoms with E-state index in [0.717, 1.165) is 12.3 Å². The standard InChI is InChI=1S/C13H18/c1-5-13-7-6-12(8-10(2)3)9-11(13)4/h5-7,9-10H,1,8H2,2-4H3. The van der Waals surface area contributed by atoms with Gasteiger partial charge in [0.2, 0.25) is 0 Å². The van der Waals surface area contributed by atoms with Crippen molar-refractivity contribution in [3.8, 4) is 0 Å². The first-order valence-electron chi connectivity index (χ1n) is 4.85. The summed E-state index contributed by atoms with van der Waals surface area (Å²) in [6.07, 6.45) is 3.08. The molecule has 1 rings (SSSR count). The van der Waals surface area contributed by atoms with Crippen LogP contribution in [0.15, 0.2) is 24.8 Å². The van der Waals surface area contributed by atoms with Crippen LogP contribution < -0.4 is 0 Å². The molecule has 0 bridgehead atoms. The molecule has 0 amide bonds. The van der Waals surface area contributed by atoms with E-state index < -0.39 is 0 Å². The van der Waals surface area contributed by atoms with Crippen LogP contribution in [-0.2, 0) is 6.42 Å². The average molecular weight is 174 g/mol. The van der Waals surface area contributed by atoms with Crippen molar-refractivity contribution in [1.29, 1.82) is 0 Å². The highest BCUT2D eigenvalue weighted by atomic mass is 14.0. The highest BCUT2D eigenvalue weighted by Gasteiger charge is 1.99. The highest BCUT2D eigenvalue weighted by molar-refractivity contribution is 5.52. The van der Waals surface area contributed by atoms with Crippen LogP contribution >= 0.6 is 0 Å². The van der Waals surface area contributed by atoms with E-state index in [1.807, 2.05) is 6.08 Å². The molecule has 1 aromatic carbocycles. The van der Waals surface area contributed by atoms with Gasteiger partial charge in [0.25, 0.3) is 0 Å². The highest BCUT2D eigenvalue weighted by Crippen LogP contribution is 2.14. The van der Waals surface area contributed by atoms with Gasteiger partial charge in [-0.15, -0.1) is 0 Å². The van der Waals surface area contributed by atoms with Crippen LogP contribution in [0.2, 0.25) is 0 Å². The van der Waals surface area contributed by atoms with Gasteiger partial charge in [0.1, 0.15) is 0 Å². The van der Waals surface area contributed by atoms with Crippen molar-refractivity contribution in [2.75, 3.05) is 0 Å². The third-order valence-corrected chi connectivity index (χ3v) is 2.20. The maximum atomic E-state index is 3.78. The molecular weight excluding hydrogens is 156 g/mol. The summed E-state index contributed by atoms with van der Waals surface area (Å²) in [6, 6.07) is 6.61. The first-order chi connectivity index (χ1) is 6.13. The molecule has 0 aliphatic carbocycles. The molecule has 0 unspecified atom stereocenters. The third kappa shape index (κ3) is 2.73. The fourth-order valence-electron chi connectivity index (χ4n) is 1.57. The third-order valence-electron chi connectivity index (χ3n) is 2.20.